The number of carbonyl (C=O) groups is 1. The van der Waals surface area contributed by atoms with E-state index in [0.717, 1.165) is 27.7 Å². The number of nitrogens with zero attached hydrogens (tertiary/aromatic N) is 1. The number of fused-ring (bicyclic) bond motifs is 1. The van der Waals surface area contributed by atoms with Crippen LogP contribution in [0.2, 0.25) is 0 Å². The average molecular weight is 274 g/mol. The molecule has 0 bridgehead atoms. The maximum atomic E-state index is 11.9. The van der Waals surface area contributed by atoms with Crippen molar-refractivity contribution in [3.05, 3.63) is 46.2 Å². The summed E-state index contributed by atoms with van der Waals surface area (Å²) >= 11 is 2.59. The van der Waals surface area contributed by atoms with Crippen LogP contribution in [0.25, 0.3) is 11.0 Å². The molecule has 90 valence electrons. The number of aromatic nitrogens is 2. The summed E-state index contributed by atoms with van der Waals surface area (Å²) in [6.07, 6.45) is 0. The molecular weight excluding hydrogens is 264 g/mol. The number of rotatable bonds is 2. The van der Waals surface area contributed by atoms with Crippen molar-refractivity contribution < 1.29 is 4.79 Å². The van der Waals surface area contributed by atoms with Crippen LogP contribution in [0.3, 0.4) is 0 Å². The largest absolute Gasteiger partial charge is 0.333 e. The summed E-state index contributed by atoms with van der Waals surface area (Å²) in [6, 6.07) is 9.70. The van der Waals surface area contributed by atoms with Gasteiger partial charge < -0.3 is 4.98 Å². The standard InChI is InChI=1S/C13H10N2OS2/c1-8-4-5-9-10(7-8)15-13(14-9)18-12(16)11-3-2-6-17-11/h2-7H,1H3,(H,14,15). The fourth-order valence-corrected chi connectivity index (χ4v) is 3.16. The lowest BCUT2D eigenvalue weighted by Gasteiger charge is -1.92. The summed E-state index contributed by atoms with van der Waals surface area (Å²) in [6.45, 7) is 2.03. The van der Waals surface area contributed by atoms with Crippen LogP contribution in [0.15, 0.2) is 40.9 Å². The molecule has 0 unspecified atom stereocenters. The first kappa shape index (κ1) is 11.5. The Kier molecular flexibility index (Phi) is 2.93. The number of aryl methyl sites for hydroxylation is 1. The average Bonchev–Trinajstić information content (AvgIpc) is 2.95. The van der Waals surface area contributed by atoms with Crippen molar-refractivity contribution >= 4 is 39.2 Å². The molecule has 0 atom stereocenters. The molecule has 5 heteroatoms. The van der Waals surface area contributed by atoms with Crippen LogP contribution in [0.4, 0.5) is 0 Å². The van der Waals surface area contributed by atoms with E-state index >= 15 is 0 Å². The molecule has 0 aliphatic rings. The Hall–Kier alpha value is -1.59. The molecule has 3 aromatic rings. The van der Waals surface area contributed by atoms with E-state index < -0.39 is 0 Å². The van der Waals surface area contributed by atoms with Crippen LogP contribution in [-0.4, -0.2) is 15.1 Å². The van der Waals surface area contributed by atoms with E-state index in [1.54, 1.807) is 0 Å². The molecule has 1 aromatic carbocycles. The monoisotopic (exact) mass is 274 g/mol. The normalized spacial score (nSPS) is 10.9. The Morgan fingerprint density at radius 2 is 2.28 bits per heavy atom. The number of hydrogen-bond acceptors (Lipinski definition) is 4. The molecule has 0 aliphatic heterocycles. The van der Waals surface area contributed by atoms with Crippen molar-refractivity contribution in [3.8, 4) is 0 Å². The lowest BCUT2D eigenvalue weighted by atomic mass is 10.2. The van der Waals surface area contributed by atoms with Gasteiger partial charge >= 0.3 is 0 Å². The molecule has 18 heavy (non-hydrogen) atoms. The maximum absolute atomic E-state index is 11.9. The number of nitrogens with one attached hydrogen (secondary N) is 1. The summed E-state index contributed by atoms with van der Waals surface area (Å²) in [5.74, 6) is 0. The molecular formula is C13H10N2OS2. The third kappa shape index (κ3) is 2.19. The van der Waals surface area contributed by atoms with E-state index in [1.165, 1.54) is 16.9 Å². The summed E-state index contributed by atoms with van der Waals surface area (Å²) in [4.78, 5) is 20.2. The van der Waals surface area contributed by atoms with Gasteiger partial charge in [-0.15, -0.1) is 11.3 Å². The minimum absolute atomic E-state index is 0.0285. The van der Waals surface area contributed by atoms with Gasteiger partial charge in [-0.1, -0.05) is 12.1 Å². The molecule has 3 nitrogen and oxygen atoms in total. The Morgan fingerprint density at radius 3 is 3.06 bits per heavy atom. The van der Waals surface area contributed by atoms with Gasteiger partial charge in [0.1, 0.15) is 0 Å². The second-order valence-corrected chi connectivity index (χ2v) is 5.84. The fourth-order valence-electron chi connectivity index (χ4n) is 1.68. The van der Waals surface area contributed by atoms with Crippen LogP contribution in [0.1, 0.15) is 15.2 Å². The number of benzene rings is 1. The molecule has 0 amide bonds. The van der Waals surface area contributed by atoms with Crippen molar-refractivity contribution in [2.24, 2.45) is 0 Å². The second kappa shape index (κ2) is 4.59. The zero-order valence-electron chi connectivity index (χ0n) is 9.64. The summed E-state index contributed by atoms with van der Waals surface area (Å²) < 4.78 is 0. The van der Waals surface area contributed by atoms with Gasteiger partial charge in [-0.2, -0.15) is 0 Å². The van der Waals surface area contributed by atoms with Crippen LogP contribution >= 0.6 is 23.1 Å². The number of hydrogen-bond donors (Lipinski definition) is 1. The Morgan fingerprint density at radius 1 is 1.39 bits per heavy atom. The van der Waals surface area contributed by atoms with E-state index in [4.69, 9.17) is 0 Å². The number of aromatic amines is 1. The van der Waals surface area contributed by atoms with Gasteiger partial charge in [0.05, 0.1) is 15.9 Å². The van der Waals surface area contributed by atoms with Gasteiger partial charge in [0, 0.05) is 0 Å². The number of H-pyrrole nitrogens is 1. The molecule has 0 saturated carbocycles. The quantitative estimate of drug-likeness (QED) is 0.722. The number of carbonyl (C=O) groups excluding carboxylic acids is 1. The molecule has 0 fully saturated rings. The SMILES string of the molecule is Cc1ccc2nc(SC(=O)c3cccs3)[nH]c2c1. The Labute approximate surface area is 112 Å². The maximum Gasteiger partial charge on any atom is 0.236 e. The lowest BCUT2D eigenvalue weighted by Crippen LogP contribution is -1.89. The molecule has 0 spiro atoms. The van der Waals surface area contributed by atoms with Crippen molar-refractivity contribution in [1.82, 2.24) is 9.97 Å². The van der Waals surface area contributed by atoms with E-state index in [-0.39, 0.29) is 5.12 Å². The predicted octanol–water partition coefficient (Wildman–Crippen LogP) is 3.87. The number of thiophene rings is 1. The van der Waals surface area contributed by atoms with E-state index in [1.807, 2.05) is 42.6 Å². The van der Waals surface area contributed by atoms with Crippen molar-refractivity contribution in [2.45, 2.75) is 12.1 Å². The lowest BCUT2D eigenvalue weighted by molar-refractivity contribution is 0.109. The fraction of sp³-hybridized carbons (Fsp3) is 0.0769. The van der Waals surface area contributed by atoms with Gasteiger partial charge in [0.2, 0.25) is 5.12 Å². The van der Waals surface area contributed by atoms with Crippen LogP contribution in [-0.2, 0) is 0 Å². The minimum atomic E-state index is 0.0285. The van der Waals surface area contributed by atoms with Crippen molar-refractivity contribution in [3.63, 3.8) is 0 Å². The van der Waals surface area contributed by atoms with E-state index in [9.17, 15) is 4.79 Å². The van der Waals surface area contributed by atoms with Crippen molar-refractivity contribution in [2.75, 3.05) is 0 Å². The van der Waals surface area contributed by atoms with Gasteiger partial charge in [-0.3, -0.25) is 4.79 Å². The first-order valence-electron chi connectivity index (χ1n) is 5.44. The van der Waals surface area contributed by atoms with Gasteiger partial charge in [0.15, 0.2) is 5.16 Å². The number of imidazole rings is 1. The Bertz CT molecular complexity index is 701. The highest BCUT2D eigenvalue weighted by Gasteiger charge is 2.12. The first-order valence-corrected chi connectivity index (χ1v) is 7.14. The number of thioether (sulfide) groups is 1. The molecule has 2 heterocycles. The minimum Gasteiger partial charge on any atom is -0.333 e. The van der Waals surface area contributed by atoms with Crippen LogP contribution in [0.5, 0.6) is 0 Å². The van der Waals surface area contributed by atoms with Gasteiger partial charge in [-0.05, 0) is 47.8 Å². The molecule has 3 rings (SSSR count). The van der Waals surface area contributed by atoms with Crippen LogP contribution in [0, 0.1) is 6.92 Å². The van der Waals surface area contributed by atoms with E-state index in [0.29, 0.717) is 5.16 Å². The highest BCUT2D eigenvalue weighted by atomic mass is 32.2. The molecule has 0 aliphatic carbocycles. The Balaban J connectivity index is 1.89. The zero-order chi connectivity index (χ0) is 12.5. The summed E-state index contributed by atoms with van der Waals surface area (Å²) in [7, 11) is 0. The third-order valence-corrected chi connectivity index (χ3v) is 4.32. The zero-order valence-corrected chi connectivity index (χ0v) is 11.3. The van der Waals surface area contributed by atoms with Gasteiger partial charge in [0.25, 0.3) is 0 Å². The molecule has 2 aromatic heterocycles. The second-order valence-electron chi connectivity index (χ2n) is 3.93. The third-order valence-electron chi connectivity index (χ3n) is 2.53. The van der Waals surface area contributed by atoms with Crippen molar-refractivity contribution in [1.29, 1.82) is 0 Å². The summed E-state index contributed by atoms with van der Waals surface area (Å²) in [5.41, 5.74) is 3.03. The summed E-state index contributed by atoms with van der Waals surface area (Å²) in [5, 5.41) is 2.57. The first-order chi connectivity index (χ1) is 8.72. The highest BCUT2D eigenvalue weighted by Crippen LogP contribution is 2.25. The molecule has 0 radical (unpaired) electrons. The smallest absolute Gasteiger partial charge is 0.236 e. The molecule has 0 saturated heterocycles. The van der Waals surface area contributed by atoms with E-state index in [2.05, 4.69) is 9.97 Å². The highest BCUT2D eigenvalue weighted by molar-refractivity contribution is 8.14. The van der Waals surface area contributed by atoms with Crippen LogP contribution < -0.4 is 0 Å². The topological polar surface area (TPSA) is 45.8 Å². The van der Waals surface area contributed by atoms with Gasteiger partial charge in [-0.25, -0.2) is 4.98 Å². The predicted molar refractivity (Wildman–Crippen MR) is 75.3 cm³/mol. The molecule has 1 N–H and O–H groups in total.